The van der Waals surface area contributed by atoms with Crippen LogP contribution in [0.5, 0.6) is 5.75 Å². The number of hydrogen-bond acceptors (Lipinski definition) is 6. The van der Waals surface area contributed by atoms with Gasteiger partial charge in [0.05, 0.1) is 50.2 Å². The summed E-state index contributed by atoms with van der Waals surface area (Å²) < 4.78 is 28.7. The third-order valence-corrected chi connectivity index (χ3v) is 13.5. The number of nitrogens with zero attached hydrogens (tertiary/aromatic N) is 3. The van der Waals surface area contributed by atoms with E-state index in [1.807, 2.05) is 67.6 Å². The summed E-state index contributed by atoms with van der Waals surface area (Å²) in [6.07, 6.45) is 1.82. The average molecular weight is 686 g/mol. The molecule has 2 fully saturated rings. The van der Waals surface area contributed by atoms with E-state index in [0.29, 0.717) is 36.4 Å². The van der Waals surface area contributed by atoms with Crippen LogP contribution in [0.25, 0.3) is 0 Å². The van der Waals surface area contributed by atoms with E-state index >= 15 is 4.11 Å². The molecule has 0 unspecified atom stereocenters. The number of halogens is 1. The number of hydrogen-bond donors (Lipinski definition) is 1. The van der Waals surface area contributed by atoms with Gasteiger partial charge in [-0.2, -0.15) is 0 Å². The number of aliphatic hydroxyl groups is 1. The van der Waals surface area contributed by atoms with Crippen LogP contribution in [0.15, 0.2) is 66.7 Å². The highest BCUT2D eigenvalue weighted by atomic mass is 28.4. The summed E-state index contributed by atoms with van der Waals surface area (Å²) in [6.45, 7) is 5.78. The van der Waals surface area contributed by atoms with E-state index in [9.17, 15) is 19.5 Å². The second-order valence-corrected chi connectivity index (χ2v) is 18.1. The third-order valence-electron chi connectivity index (χ3n) is 11.1. The van der Waals surface area contributed by atoms with Gasteiger partial charge in [0.1, 0.15) is 5.75 Å². The molecule has 0 aliphatic carbocycles. The number of aryl methyl sites for hydroxylation is 1. The Morgan fingerprint density at radius 3 is 2.53 bits per heavy atom. The fraction of sp³-hybridized carbons (Fsp3) is 0.447. The van der Waals surface area contributed by atoms with Gasteiger partial charge in [-0.15, -0.1) is 0 Å². The summed E-state index contributed by atoms with van der Waals surface area (Å²) >= 11 is 0. The normalized spacial score (nSPS) is 26.4. The molecule has 3 aromatic rings. The van der Waals surface area contributed by atoms with Crippen LogP contribution >= 0.6 is 0 Å². The van der Waals surface area contributed by atoms with Crippen molar-refractivity contribution in [1.82, 2.24) is 4.90 Å². The molecule has 0 radical (unpaired) electrons. The Labute approximate surface area is 287 Å². The van der Waals surface area contributed by atoms with Crippen LogP contribution in [0.3, 0.4) is 0 Å². The van der Waals surface area contributed by atoms with Gasteiger partial charge in [0.25, 0.3) is 5.91 Å². The molecule has 3 aromatic carbocycles. The van der Waals surface area contributed by atoms with E-state index in [-0.39, 0.29) is 43.3 Å². The number of para-hydroxylation sites is 1. The molecule has 5 atom stereocenters. The van der Waals surface area contributed by atoms with E-state index < -0.39 is 31.6 Å². The zero-order chi connectivity index (χ0) is 34.7. The lowest BCUT2D eigenvalue weighted by molar-refractivity contribution is -0.150. The van der Waals surface area contributed by atoms with Gasteiger partial charge in [-0.3, -0.25) is 19.3 Å². The van der Waals surface area contributed by atoms with Gasteiger partial charge < -0.3 is 28.5 Å². The van der Waals surface area contributed by atoms with Crippen molar-refractivity contribution in [2.45, 2.75) is 82.0 Å². The van der Waals surface area contributed by atoms with E-state index in [1.54, 1.807) is 41.0 Å². The minimum atomic E-state index is -3.48. The van der Waals surface area contributed by atoms with Crippen LogP contribution in [0.1, 0.15) is 49.3 Å². The van der Waals surface area contributed by atoms with Gasteiger partial charge in [0.15, 0.2) is 5.60 Å². The Morgan fingerprint density at radius 1 is 1.06 bits per heavy atom. The van der Waals surface area contributed by atoms with Crippen LogP contribution < -0.4 is 14.5 Å². The number of carbonyl (C=O) groups is 3. The van der Waals surface area contributed by atoms with Crippen molar-refractivity contribution < 1.29 is 33.1 Å². The van der Waals surface area contributed by atoms with E-state index in [4.69, 9.17) is 9.47 Å². The Morgan fingerprint density at radius 2 is 1.82 bits per heavy atom. The molecule has 0 aromatic heterocycles. The summed E-state index contributed by atoms with van der Waals surface area (Å²) in [5, 5.41) is 9.86. The quantitative estimate of drug-likeness (QED) is 0.231. The van der Waals surface area contributed by atoms with Crippen molar-refractivity contribution in [2.24, 2.45) is 5.92 Å². The maximum Gasteiger partial charge on any atom is 0.264 e. The first kappa shape index (κ1) is 33.4. The number of fused-ring (bicyclic) bond motifs is 3. The van der Waals surface area contributed by atoms with Gasteiger partial charge in [0.2, 0.25) is 20.2 Å². The van der Waals surface area contributed by atoms with E-state index in [2.05, 4.69) is 0 Å². The number of benzene rings is 3. The largest absolute Gasteiger partial charge is 0.497 e. The standard InChI is InChI=1S/C38H44FN3O6Si/c1-24-36(49(3,4)39)33(21-35(45)40-19-7-9-28(40)23-43)48-38(24)30-20-29(47-2)16-17-32(30)41(37(38)46)22-25-11-14-27(15-12-25)42-31-10-6-5-8-26(31)13-18-34(42)44/h5-6,8,10-12,14-17,20,24,28,33,36,43H,7,9,13,18-19,21-23H2,1-4H3/t24-,28+,33+,36-,38+/m1/s1. The van der Waals surface area contributed by atoms with Gasteiger partial charge in [-0.1, -0.05) is 37.3 Å². The molecule has 1 spiro atoms. The zero-order valence-electron chi connectivity index (χ0n) is 28.5. The lowest BCUT2D eigenvalue weighted by Crippen LogP contribution is -2.45. The first-order valence-corrected chi connectivity index (χ1v) is 20.2. The molecule has 0 saturated carbocycles. The molecular weight excluding hydrogens is 642 g/mol. The topological polar surface area (TPSA) is 99.6 Å². The summed E-state index contributed by atoms with van der Waals surface area (Å²) in [5.41, 5.74) is 2.77. The molecule has 258 valence electrons. The molecule has 3 amide bonds. The Balaban J connectivity index is 1.21. The number of amides is 3. The summed E-state index contributed by atoms with van der Waals surface area (Å²) in [5.74, 6) is -0.440. The number of aliphatic hydroxyl groups excluding tert-OH is 1. The van der Waals surface area contributed by atoms with Gasteiger partial charge in [-0.25, -0.2) is 0 Å². The number of ether oxygens (including phenoxy) is 2. The SMILES string of the molecule is COc1ccc2c(c1)[C@]1(O[C@@H](CC(=O)N3CCC[C@H]3CO)[C@H]([Si](C)(C)F)[C@H]1C)C(=O)N2Cc1ccc(N2C(=O)CCc3ccccc32)cc1. The molecule has 4 heterocycles. The highest BCUT2D eigenvalue weighted by Crippen LogP contribution is 2.61. The molecule has 0 bridgehead atoms. The van der Waals surface area contributed by atoms with Crippen LogP contribution in [0, 0.1) is 5.92 Å². The number of rotatable bonds is 8. The lowest BCUT2D eigenvalue weighted by Gasteiger charge is -2.31. The van der Waals surface area contributed by atoms with Crippen molar-refractivity contribution in [2.75, 3.05) is 30.1 Å². The number of methoxy groups -OCH3 is 1. The second kappa shape index (κ2) is 12.7. The minimum absolute atomic E-state index is 0.0388. The van der Waals surface area contributed by atoms with Crippen LogP contribution in [0.2, 0.25) is 18.6 Å². The van der Waals surface area contributed by atoms with Crippen molar-refractivity contribution in [3.05, 3.63) is 83.4 Å². The summed E-state index contributed by atoms with van der Waals surface area (Å²) in [6, 6.07) is 20.8. The Kier molecular flexibility index (Phi) is 8.65. The number of anilines is 3. The highest BCUT2D eigenvalue weighted by molar-refractivity contribution is 6.72. The molecule has 4 aliphatic heterocycles. The molecule has 49 heavy (non-hydrogen) atoms. The molecule has 11 heteroatoms. The minimum Gasteiger partial charge on any atom is -0.497 e. The average Bonchev–Trinajstić information content (AvgIpc) is 3.75. The zero-order valence-corrected chi connectivity index (χ0v) is 29.5. The van der Waals surface area contributed by atoms with E-state index in [1.165, 1.54) is 0 Å². The third kappa shape index (κ3) is 5.56. The van der Waals surface area contributed by atoms with Gasteiger partial charge >= 0.3 is 0 Å². The summed E-state index contributed by atoms with van der Waals surface area (Å²) in [4.78, 5) is 46.6. The van der Waals surface area contributed by atoms with Crippen LogP contribution in [0.4, 0.5) is 21.2 Å². The molecule has 7 rings (SSSR count). The Hall–Kier alpha value is -4.06. The Bertz CT molecular complexity index is 1780. The molecule has 9 nitrogen and oxygen atoms in total. The van der Waals surface area contributed by atoms with Crippen LogP contribution in [-0.4, -0.2) is 68.5 Å². The fourth-order valence-electron chi connectivity index (χ4n) is 8.80. The van der Waals surface area contributed by atoms with Gasteiger partial charge in [0, 0.05) is 35.7 Å². The van der Waals surface area contributed by atoms with Crippen molar-refractivity contribution >= 4 is 43.2 Å². The molecule has 1 N–H and O–H groups in total. The smallest absolute Gasteiger partial charge is 0.264 e. The van der Waals surface area contributed by atoms with Crippen molar-refractivity contribution in [3.8, 4) is 5.75 Å². The van der Waals surface area contributed by atoms with E-state index in [0.717, 1.165) is 35.3 Å². The first-order valence-electron chi connectivity index (χ1n) is 17.2. The monoisotopic (exact) mass is 685 g/mol. The molecule has 4 aliphatic rings. The van der Waals surface area contributed by atoms with Crippen molar-refractivity contribution in [1.29, 1.82) is 0 Å². The highest BCUT2D eigenvalue weighted by Gasteiger charge is 2.67. The molecule has 2 saturated heterocycles. The predicted octanol–water partition coefficient (Wildman–Crippen LogP) is 6.00. The van der Waals surface area contributed by atoms with Crippen molar-refractivity contribution in [3.63, 3.8) is 0 Å². The second-order valence-electron chi connectivity index (χ2n) is 14.3. The van der Waals surface area contributed by atoms with Gasteiger partial charge in [-0.05, 0) is 79.9 Å². The van der Waals surface area contributed by atoms with Crippen LogP contribution in [-0.2, 0) is 37.7 Å². The maximum atomic E-state index is 16.3. The number of carbonyl (C=O) groups excluding carboxylic acids is 3. The summed E-state index contributed by atoms with van der Waals surface area (Å²) in [7, 11) is -1.92. The fourth-order valence-corrected chi connectivity index (χ4v) is 11.3. The maximum absolute atomic E-state index is 16.3. The lowest BCUT2D eigenvalue weighted by atomic mass is 9.82. The first-order chi connectivity index (χ1) is 23.5. The number of likely N-dealkylation sites (tertiary alicyclic amines) is 1. The molecular formula is C38H44FN3O6Si. The predicted molar refractivity (Wildman–Crippen MR) is 187 cm³/mol.